The number of thiophene rings is 1. The van der Waals surface area contributed by atoms with Gasteiger partial charge >= 0.3 is 0 Å². The van der Waals surface area contributed by atoms with Crippen molar-refractivity contribution in [2.24, 2.45) is 0 Å². The summed E-state index contributed by atoms with van der Waals surface area (Å²) in [6.07, 6.45) is 1.03. The molecule has 1 unspecified atom stereocenters. The van der Waals surface area contributed by atoms with E-state index in [1.54, 1.807) is 0 Å². The zero-order chi connectivity index (χ0) is 16.2. The van der Waals surface area contributed by atoms with Crippen LogP contribution in [0.15, 0.2) is 35.7 Å². The monoisotopic (exact) mass is 330 g/mol. The Morgan fingerprint density at radius 3 is 3.04 bits per heavy atom. The normalized spacial score (nSPS) is 15.7. The number of amides is 1. The van der Waals surface area contributed by atoms with Gasteiger partial charge in [0.25, 0.3) is 0 Å². The van der Waals surface area contributed by atoms with Crippen molar-refractivity contribution in [1.82, 2.24) is 4.90 Å². The van der Waals surface area contributed by atoms with Gasteiger partial charge in [-0.1, -0.05) is 12.1 Å². The van der Waals surface area contributed by atoms with E-state index >= 15 is 0 Å². The summed E-state index contributed by atoms with van der Waals surface area (Å²) < 4.78 is 5.57. The molecule has 23 heavy (non-hydrogen) atoms. The van der Waals surface area contributed by atoms with E-state index < -0.39 is 0 Å². The highest BCUT2D eigenvalue weighted by Gasteiger charge is 2.26. The average Bonchev–Trinajstić information content (AvgIpc) is 3.03. The molecule has 0 saturated heterocycles. The van der Waals surface area contributed by atoms with Gasteiger partial charge in [0.05, 0.1) is 18.3 Å². The number of ether oxygens (including phenoxy) is 1. The molecule has 1 amide bonds. The van der Waals surface area contributed by atoms with E-state index in [9.17, 15) is 4.79 Å². The van der Waals surface area contributed by atoms with Gasteiger partial charge in [0.15, 0.2) is 0 Å². The van der Waals surface area contributed by atoms with Crippen LogP contribution >= 0.6 is 11.3 Å². The molecule has 1 atom stereocenters. The van der Waals surface area contributed by atoms with Crippen molar-refractivity contribution < 1.29 is 9.53 Å². The van der Waals surface area contributed by atoms with Crippen molar-refractivity contribution in [3.8, 4) is 5.75 Å². The van der Waals surface area contributed by atoms with Crippen molar-refractivity contribution in [2.75, 3.05) is 18.5 Å². The SMILES string of the molecule is CCOc1ccccc1NC(=O)C(C)N1CCc2sccc2C1. The number of carbonyl (C=O) groups is 1. The summed E-state index contributed by atoms with van der Waals surface area (Å²) in [4.78, 5) is 16.3. The minimum absolute atomic E-state index is 0.0100. The third kappa shape index (κ3) is 3.57. The molecule has 1 aliphatic heterocycles. The second kappa shape index (κ2) is 7.15. The highest BCUT2D eigenvalue weighted by molar-refractivity contribution is 7.10. The summed E-state index contributed by atoms with van der Waals surface area (Å²) in [6, 6.07) is 9.57. The number of nitrogens with one attached hydrogen (secondary N) is 1. The molecule has 0 fully saturated rings. The standard InChI is InChI=1S/C18H22N2O2S/c1-3-22-16-7-5-4-6-15(16)19-18(21)13(2)20-10-8-17-14(12-20)9-11-23-17/h4-7,9,11,13H,3,8,10,12H2,1-2H3,(H,19,21). The summed E-state index contributed by atoms with van der Waals surface area (Å²) >= 11 is 1.81. The molecule has 4 nitrogen and oxygen atoms in total. The molecule has 0 radical (unpaired) electrons. The van der Waals surface area contributed by atoms with E-state index in [0.717, 1.165) is 25.2 Å². The molecule has 2 aromatic rings. The van der Waals surface area contributed by atoms with Crippen molar-refractivity contribution in [2.45, 2.75) is 32.9 Å². The van der Waals surface area contributed by atoms with E-state index in [-0.39, 0.29) is 11.9 Å². The van der Waals surface area contributed by atoms with Crippen LogP contribution in [0.5, 0.6) is 5.75 Å². The third-order valence-electron chi connectivity index (χ3n) is 4.21. The first-order valence-corrected chi connectivity index (χ1v) is 8.89. The largest absolute Gasteiger partial charge is 0.492 e. The van der Waals surface area contributed by atoms with Crippen LogP contribution in [0.4, 0.5) is 5.69 Å². The van der Waals surface area contributed by atoms with Gasteiger partial charge in [-0.15, -0.1) is 11.3 Å². The summed E-state index contributed by atoms with van der Waals surface area (Å²) in [6.45, 7) is 6.26. The fourth-order valence-corrected chi connectivity index (χ4v) is 3.74. The molecule has 1 aromatic carbocycles. The topological polar surface area (TPSA) is 41.6 Å². The lowest BCUT2D eigenvalue weighted by Gasteiger charge is -2.31. The number of benzene rings is 1. The predicted molar refractivity (Wildman–Crippen MR) is 94.1 cm³/mol. The van der Waals surface area contributed by atoms with Crippen LogP contribution in [-0.2, 0) is 17.8 Å². The van der Waals surface area contributed by atoms with Gasteiger partial charge < -0.3 is 10.1 Å². The summed E-state index contributed by atoms with van der Waals surface area (Å²) in [5, 5.41) is 5.14. The number of anilines is 1. The van der Waals surface area contributed by atoms with Gasteiger partial charge in [-0.2, -0.15) is 0 Å². The van der Waals surface area contributed by atoms with Gasteiger partial charge in [-0.3, -0.25) is 9.69 Å². The van der Waals surface area contributed by atoms with Crippen molar-refractivity contribution in [3.63, 3.8) is 0 Å². The lowest BCUT2D eigenvalue weighted by atomic mass is 10.1. The van der Waals surface area contributed by atoms with Crippen LogP contribution in [0.2, 0.25) is 0 Å². The number of hydrogen-bond acceptors (Lipinski definition) is 4. The summed E-state index contributed by atoms with van der Waals surface area (Å²) in [7, 11) is 0. The van der Waals surface area contributed by atoms with E-state index in [4.69, 9.17) is 4.74 Å². The number of para-hydroxylation sites is 2. The molecule has 122 valence electrons. The lowest BCUT2D eigenvalue weighted by Crippen LogP contribution is -2.44. The average molecular weight is 330 g/mol. The quantitative estimate of drug-likeness (QED) is 0.912. The maximum atomic E-state index is 12.6. The Balaban J connectivity index is 1.67. The van der Waals surface area contributed by atoms with Gasteiger partial charge in [-0.05, 0) is 49.4 Å². The predicted octanol–water partition coefficient (Wildman–Crippen LogP) is 3.53. The van der Waals surface area contributed by atoms with Crippen LogP contribution in [0.3, 0.4) is 0 Å². The van der Waals surface area contributed by atoms with E-state index in [1.807, 2.05) is 49.4 Å². The number of hydrogen-bond donors (Lipinski definition) is 1. The first-order valence-electron chi connectivity index (χ1n) is 8.01. The molecule has 0 spiro atoms. The molecule has 0 bridgehead atoms. The van der Waals surface area contributed by atoms with Gasteiger partial charge in [-0.25, -0.2) is 0 Å². The maximum absolute atomic E-state index is 12.6. The molecule has 0 aliphatic carbocycles. The second-order valence-corrected chi connectivity index (χ2v) is 6.68. The molecular formula is C18H22N2O2S. The number of fused-ring (bicyclic) bond motifs is 1. The van der Waals surface area contributed by atoms with Crippen LogP contribution in [0.1, 0.15) is 24.3 Å². The van der Waals surface area contributed by atoms with Crippen molar-refractivity contribution in [1.29, 1.82) is 0 Å². The zero-order valence-electron chi connectivity index (χ0n) is 13.5. The smallest absolute Gasteiger partial charge is 0.241 e. The fourth-order valence-electron chi connectivity index (χ4n) is 2.86. The van der Waals surface area contributed by atoms with Crippen LogP contribution in [0.25, 0.3) is 0 Å². The lowest BCUT2D eigenvalue weighted by molar-refractivity contribution is -0.121. The van der Waals surface area contributed by atoms with Gasteiger partial charge in [0.1, 0.15) is 5.75 Å². The van der Waals surface area contributed by atoms with Crippen LogP contribution in [-0.4, -0.2) is 30.0 Å². The van der Waals surface area contributed by atoms with Gasteiger partial charge in [0.2, 0.25) is 5.91 Å². The fraction of sp³-hybridized carbons (Fsp3) is 0.389. The summed E-state index contributed by atoms with van der Waals surface area (Å²) in [5.74, 6) is 0.727. The minimum atomic E-state index is -0.169. The highest BCUT2D eigenvalue weighted by Crippen LogP contribution is 2.27. The molecule has 1 N–H and O–H groups in total. The second-order valence-electron chi connectivity index (χ2n) is 5.68. The molecule has 1 aliphatic rings. The Labute approximate surface area is 141 Å². The Morgan fingerprint density at radius 1 is 1.39 bits per heavy atom. The van der Waals surface area contributed by atoms with E-state index in [0.29, 0.717) is 12.4 Å². The van der Waals surface area contributed by atoms with Crippen LogP contribution < -0.4 is 10.1 Å². The van der Waals surface area contributed by atoms with Crippen LogP contribution in [0, 0.1) is 0 Å². The van der Waals surface area contributed by atoms with Gasteiger partial charge in [0, 0.05) is 18.0 Å². The molecule has 1 aromatic heterocycles. The molecule has 2 heterocycles. The van der Waals surface area contributed by atoms with Crippen molar-refractivity contribution >= 4 is 22.9 Å². The zero-order valence-corrected chi connectivity index (χ0v) is 14.4. The molecular weight excluding hydrogens is 308 g/mol. The third-order valence-corrected chi connectivity index (χ3v) is 5.23. The number of carbonyl (C=O) groups excluding carboxylic acids is 1. The van der Waals surface area contributed by atoms with E-state index in [2.05, 4.69) is 21.7 Å². The minimum Gasteiger partial charge on any atom is -0.492 e. The van der Waals surface area contributed by atoms with Crippen molar-refractivity contribution in [3.05, 3.63) is 46.2 Å². The summed E-state index contributed by atoms with van der Waals surface area (Å²) in [5.41, 5.74) is 2.09. The Bertz CT molecular complexity index is 683. The molecule has 3 rings (SSSR count). The molecule has 0 saturated carbocycles. The molecule has 5 heteroatoms. The Morgan fingerprint density at radius 2 is 2.22 bits per heavy atom. The number of nitrogens with zero attached hydrogens (tertiary/aromatic N) is 1. The Kier molecular flexibility index (Phi) is 4.98. The Hall–Kier alpha value is -1.85. The first-order chi connectivity index (χ1) is 11.2. The maximum Gasteiger partial charge on any atom is 0.241 e. The first kappa shape index (κ1) is 16.0. The van der Waals surface area contributed by atoms with E-state index in [1.165, 1.54) is 10.4 Å². The number of rotatable bonds is 5. The highest BCUT2D eigenvalue weighted by atomic mass is 32.1.